The van der Waals surface area contributed by atoms with E-state index in [-0.39, 0.29) is 6.04 Å². The molecule has 1 unspecified atom stereocenters. The van der Waals surface area contributed by atoms with Crippen LogP contribution in [0.2, 0.25) is 0 Å². The summed E-state index contributed by atoms with van der Waals surface area (Å²) in [5.41, 5.74) is 1.43. The van der Waals surface area contributed by atoms with Crippen molar-refractivity contribution >= 4 is 33.7 Å². The van der Waals surface area contributed by atoms with E-state index in [0.717, 1.165) is 28.5 Å². The van der Waals surface area contributed by atoms with Crippen molar-refractivity contribution in [3.63, 3.8) is 0 Å². The van der Waals surface area contributed by atoms with Gasteiger partial charge in [0.05, 0.1) is 17.1 Å². The van der Waals surface area contributed by atoms with Crippen LogP contribution in [0, 0.1) is 6.92 Å². The molecule has 1 aliphatic heterocycles. The Morgan fingerprint density at radius 3 is 2.93 bits per heavy atom. The molecule has 0 aromatic carbocycles. The van der Waals surface area contributed by atoms with Gasteiger partial charge in [0.25, 0.3) is 0 Å². The summed E-state index contributed by atoms with van der Waals surface area (Å²) in [7, 11) is 1.45. The molecule has 3 aromatic rings. The van der Waals surface area contributed by atoms with Gasteiger partial charge in [-0.15, -0.1) is 0 Å². The number of carbonyl (C=O) groups excluding carboxylic acids is 1. The Hall–Kier alpha value is -2.91. The van der Waals surface area contributed by atoms with Crippen LogP contribution in [0.25, 0.3) is 21.9 Å². The second kappa shape index (κ2) is 7.16. The number of likely N-dealkylation sites (N-methyl/N-ethyl adjacent to an activating group) is 1. The number of hydrogen-bond donors (Lipinski definition) is 1. The number of nitrogens with one attached hydrogen (secondary N) is 1. The highest BCUT2D eigenvalue weighted by molar-refractivity contribution is 6.09. The average Bonchev–Trinajstić information content (AvgIpc) is 3.14. The summed E-state index contributed by atoms with van der Waals surface area (Å²) >= 11 is 0. The maximum Gasteiger partial charge on any atom is 0.397 e. The lowest BCUT2D eigenvalue weighted by atomic mass is 10.0. The summed E-state index contributed by atoms with van der Waals surface area (Å²) in [6.45, 7) is 2.97. The minimum atomic E-state index is -4.51. The van der Waals surface area contributed by atoms with Gasteiger partial charge in [-0.1, -0.05) is 0 Å². The molecule has 4 rings (SSSR count). The highest BCUT2D eigenvalue weighted by Gasteiger charge is 2.35. The van der Waals surface area contributed by atoms with Crippen molar-refractivity contribution in [2.75, 3.05) is 25.0 Å². The molecular formula is C19H21F3N6O. The summed E-state index contributed by atoms with van der Waals surface area (Å²) in [6, 6.07) is 1.56. The van der Waals surface area contributed by atoms with E-state index < -0.39 is 18.5 Å². The van der Waals surface area contributed by atoms with Crippen LogP contribution in [0.3, 0.4) is 0 Å². The lowest BCUT2D eigenvalue weighted by Crippen LogP contribution is -2.49. The standard InChI is InChI=1S/C19H21F3N6O/c1-11-25-14-9-24-17-13(5-6-23-17)16(14)18(26-11)28-7-3-4-12(10-28)27(2)15(29)8-19(20,21)22/h5-6,9,12H,3-4,7-8,10H2,1-2H3,(H,25,26). The Morgan fingerprint density at radius 2 is 2.17 bits per heavy atom. The second-order valence-corrected chi connectivity index (χ2v) is 7.41. The average molecular weight is 406 g/mol. The lowest BCUT2D eigenvalue weighted by Gasteiger charge is -2.38. The Bertz CT molecular complexity index is 1060. The topological polar surface area (TPSA) is 78.0 Å². The number of carbonyl (C=O) groups is 1. The fraction of sp³-hybridized carbons (Fsp3) is 0.474. The van der Waals surface area contributed by atoms with E-state index in [2.05, 4.69) is 19.9 Å². The molecule has 7 nitrogen and oxygen atoms in total. The Kier molecular flexibility index (Phi) is 4.79. The summed E-state index contributed by atoms with van der Waals surface area (Å²) in [5.74, 6) is 0.529. The monoisotopic (exact) mass is 406 g/mol. The van der Waals surface area contributed by atoms with Gasteiger partial charge in [0.2, 0.25) is 5.91 Å². The van der Waals surface area contributed by atoms with Crippen LogP contribution in [-0.4, -0.2) is 63.1 Å². The zero-order chi connectivity index (χ0) is 20.8. The molecule has 1 amide bonds. The van der Waals surface area contributed by atoms with E-state index in [4.69, 9.17) is 0 Å². The maximum atomic E-state index is 12.6. The first-order valence-corrected chi connectivity index (χ1v) is 9.40. The molecule has 154 valence electrons. The van der Waals surface area contributed by atoms with E-state index >= 15 is 0 Å². The van der Waals surface area contributed by atoms with Gasteiger partial charge in [-0.3, -0.25) is 4.79 Å². The van der Waals surface area contributed by atoms with E-state index in [1.54, 1.807) is 12.4 Å². The number of fused-ring (bicyclic) bond motifs is 3. The minimum absolute atomic E-state index is 0.310. The van der Waals surface area contributed by atoms with Gasteiger partial charge in [-0.05, 0) is 25.8 Å². The molecule has 3 aromatic heterocycles. The fourth-order valence-corrected chi connectivity index (χ4v) is 3.92. The number of aromatic nitrogens is 4. The van der Waals surface area contributed by atoms with Crippen LogP contribution in [0.5, 0.6) is 0 Å². The van der Waals surface area contributed by atoms with Crippen molar-refractivity contribution in [1.82, 2.24) is 24.8 Å². The van der Waals surface area contributed by atoms with Crippen molar-refractivity contribution in [2.24, 2.45) is 0 Å². The number of pyridine rings is 1. The molecule has 10 heteroatoms. The van der Waals surface area contributed by atoms with E-state index in [9.17, 15) is 18.0 Å². The normalized spacial score (nSPS) is 17.8. The first kappa shape index (κ1) is 19.4. The van der Waals surface area contributed by atoms with Gasteiger partial charge >= 0.3 is 6.18 Å². The van der Waals surface area contributed by atoms with Crippen molar-refractivity contribution < 1.29 is 18.0 Å². The molecule has 0 saturated carbocycles. The van der Waals surface area contributed by atoms with E-state index in [1.165, 1.54) is 11.9 Å². The van der Waals surface area contributed by atoms with Gasteiger partial charge in [0.1, 0.15) is 18.1 Å². The lowest BCUT2D eigenvalue weighted by molar-refractivity contribution is -0.162. The number of anilines is 1. The van der Waals surface area contributed by atoms with E-state index in [1.807, 2.05) is 17.9 Å². The smallest absolute Gasteiger partial charge is 0.354 e. The number of amides is 1. The zero-order valence-electron chi connectivity index (χ0n) is 16.1. The second-order valence-electron chi connectivity index (χ2n) is 7.41. The van der Waals surface area contributed by atoms with E-state index in [0.29, 0.717) is 31.0 Å². The van der Waals surface area contributed by atoms with Gasteiger partial charge in [-0.25, -0.2) is 15.0 Å². The molecule has 1 N–H and O–H groups in total. The summed E-state index contributed by atoms with van der Waals surface area (Å²) in [5, 5.41) is 1.74. The molecule has 1 atom stereocenters. The predicted octanol–water partition coefficient (Wildman–Crippen LogP) is 3.19. The highest BCUT2D eigenvalue weighted by atomic mass is 19.4. The van der Waals surface area contributed by atoms with Gasteiger partial charge in [-0.2, -0.15) is 13.2 Å². The van der Waals surface area contributed by atoms with Crippen molar-refractivity contribution in [3.8, 4) is 0 Å². The third-order valence-corrected chi connectivity index (χ3v) is 5.34. The Labute approximate surface area is 164 Å². The highest BCUT2D eigenvalue weighted by Crippen LogP contribution is 2.32. The first-order valence-electron chi connectivity index (χ1n) is 9.40. The van der Waals surface area contributed by atoms with Gasteiger partial charge < -0.3 is 14.8 Å². The third kappa shape index (κ3) is 3.83. The molecule has 1 saturated heterocycles. The van der Waals surface area contributed by atoms with Gasteiger partial charge in [0.15, 0.2) is 5.65 Å². The first-order chi connectivity index (χ1) is 13.7. The number of hydrogen-bond acceptors (Lipinski definition) is 5. The molecule has 4 heterocycles. The quantitative estimate of drug-likeness (QED) is 0.723. The minimum Gasteiger partial charge on any atom is -0.354 e. The molecular weight excluding hydrogens is 385 g/mol. The number of alkyl halides is 3. The number of halogens is 3. The molecule has 29 heavy (non-hydrogen) atoms. The number of aromatic amines is 1. The SMILES string of the molecule is Cc1nc(N2CCCC(N(C)C(=O)CC(F)(F)F)C2)c2c(cnc3nccc32)[nH]1. The maximum absolute atomic E-state index is 12.6. The predicted molar refractivity (Wildman–Crippen MR) is 103 cm³/mol. The summed E-state index contributed by atoms with van der Waals surface area (Å²) in [4.78, 5) is 31.8. The number of rotatable bonds is 3. The molecule has 0 bridgehead atoms. The van der Waals surface area contributed by atoms with Crippen LogP contribution in [0.1, 0.15) is 25.1 Å². The number of aryl methyl sites for hydroxylation is 1. The summed E-state index contributed by atoms with van der Waals surface area (Å²) < 4.78 is 37.9. The zero-order valence-corrected chi connectivity index (χ0v) is 16.1. The van der Waals surface area contributed by atoms with Crippen molar-refractivity contribution in [3.05, 3.63) is 24.3 Å². The number of nitrogens with zero attached hydrogens (tertiary/aromatic N) is 5. The molecule has 1 fully saturated rings. The Balaban J connectivity index is 1.67. The Morgan fingerprint density at radius 1 is 1.38 bits per heavy atom. The number of H-pyrrole nitrogens is 1. The largest absolute Gasteiger partial charge is 0.397 e. The number of piperidine rings is 1. The summed E-state index contributed by atoms with van der Waals surface area (Å²) in [6.07, 6.45) is -1.14. The molecule has 0 spiro atoms. The fourth-order valence-electron chi connectivity index (χ4n) is 3.92. The van der Waals surface area contributed by atoms with Crippen molar-refractivity contribution in [1.29, 1.82) is 0 Å². The van der Waals surface area contributed by atoms with Crippen LogP contribution in [0.4, 0.5) is 19.0 Å². The molecule has 0 aliphatic carbocycles. The van der Waals surface area contributed by atoms with Crippen molar-refractivity contribution in [2.45, 2.75) is 38.4 Å². The van der Waals surface area contributed by atoms with Crippen LogP contribution in [0.15, 0.2) is 18.5 Å². The van der Waals surface area contributed by atoms with Crippen LogP contribution >= 0.6 is 0 Å². The molecule has 1 aliphatic rings. The van der Waals surface area contributed by atoms with Crippen LogP contribution < -0.4 is 4.90 Å². The third-order valence-electron chi connectivity index (χ3n) is 5.34. The van der Waals surface area contributed by atoms with Gasteiger partial charge in [0, 0.05) is 37.8 Å². The van der Waals surface area contributed by atoms with Crippen LogP contribution in [-0.2, 0) is 4.79 Å². The molecule has 0 radical (unpaired) electrons.